The summed E-state index contributed by atoms with van der Waals surface area (Å²) in [6.07, 6.45) is 8.90. The summed E-state index contributed by atoms with van der Waals surface area (Å²) in [7, 11) is 0. The van der Waals surface area contributed by atoms with E-state index >= 15 is 0 Å². The molecular formula is C72H66FN3. The molecule has 76 heavy (non-hydrogen) atoms. The van der Waals surface area contributed by atoms with E-state index < -0.39 is 0 Å². The zero-order chi connectivity index (χ0) is 52.6. The minimum absolute atomic E-state index is 0.0404. The highest BCUT2D eigenvalue weighted by Gasteiger charge is 2.35. The van der Waals surface area contributed by atoms with Crippen LogP contribution < -0.4 is 0 Å². The van der Waals surface area contributed by atoms with Gasteiger partial charge in [0.05, 0.1) is 17.1 Å². The highest BCUT2D eigenvalue weighted by molar-refractivity contribution is 5.77. The molecule has 0 aliphatic heterocycles. The van der Waals surface area contributed by atoms with Gasteiger partial charge in [-0.15, -0.1) is 0 Å². The summed E-state index contributed by atoms with van der Waals surface area (Å²) in [5.74, 6) is 0.638. The molecule has 3 heterocycles. The Balaban J connectivity index is 0.949. The van der Waals surface area contributed by atoms with Gasteiger partial charge in [0.15, 0.2) is 0 Å². The second-order valence-electron chi connectivity index (χ2n) is 23.0. The monoisotopic (exact) mass is 992 g/mol. The molecule has 2 unspecified atom stereocenters. The minimum atomic E-state index is -0.241. The molecule has 0 saturated heterocycles. The Morgan fingerprint density at radius 1 is 0.355 bits per heavy atom. The molecule has 1 aliphatic carbocycles. The summed E-state index contributed by atoms with van der Waals surface area (Å²) >= 11 is 0. The molecule has 7 aromatic carbocycles. The molecule has 1 saturated carbocycles. The largest absolute Gasteiger partial charge is 0.256 e. The van der Waals surface area contributed by atoms with Crippen molar-refractivity contribution in [1.82, 2.24) is 15.0 Å². The van der Waals surface area contributed by atoms with E-state index in [4.69, 9.17) is 15.0 Å². The van der Waals surface area contributed by atoms with Gasteiger partial charge in [-0.05, 0) is 170 Å². The fourth-order valence-corrected chi connectivity index (χ4v) is 11.6. The number of rotatable bonds is 10. The molecule has 1 fully saturated rings. The third kappa shape index (κ3) is 10.6. The Kier molecular flexibility index (Phi) is 13.8. The molecule has 0 bridgehead atoms. The second kappa shape index (κ2) is 20.9. The summed E-state index contributed by atoms with van der Waals surface area (Å²) in [6.45, 7) is 15.6. The van der Waals surface area contributed by atoms with Crippen LogP contribution in [0.1, 0.15) is 112 Å². The Labute approximate surface area is 449 Å². The van der Waals surface area contributed by atoms with Crippen molar-refractivity contribution in [3.05, 3.63) is 258 Å². The lowest BCUT2D eigenvalue weighted by Crippen LogP contribution is -2.21. The van der Waals surface area contributed by atoms with Gasteiger partial charge in [-0.2, -0.15) is 0 Å². The normalized spacial score (nSPS) is 15.9. The van der Waals surface area contributed by atoms with Gasteiger partial charge in [0.1, 0.15) is 5.82 Å². The van der Waals surface area contributed by atoms with Crippen LogP contribution in [-0.2, 0) is 10.8 Å². The molecule has 0 N–H and O–H groups in total. The number of aryl methyl sites for hydroxylation is 1. The smallest absolute Gasteiger partial charge is 0.123 e. The molecule has 3 aromatic heterocycles. The maximum Gasteiger partial charge on any atom is 0.123 e. The summed E-state index contributed by atoms with van der Waals surface area (Å²) < 4.78 is 13.7. The molecule has 0 spiro atoms. The van der Waals surface area contributed by atoms with Gasteiger partial charge in [-0.25, -0.2) is 4.39 Å². The summed E-state index contributed by atoms with van der Waals surface area (Å²) in [4.78, 5) is 14.5. The molecule has 0 radical (unpaired) electrons. The summed E-state index contributed by atoms with van der Waals surface area (Å²) in [5.41, 5.74) is 23.6. The van der Waals surface area contributed by atoms with Crippen molar-refractivity contribution in [2.45, 2.75) is 96.3 Å². The molecule has 2 atom stereocenters. The Hall–Kier alpha value is -8.08. The van der Waals surface area contributed by atoms with Crippen LogP contribution in [-0.4, -0.2) is 15.0 Å². The summed E-state index contributed by atoms with van der Waals surface area (Å²) in [6, 6.07) is 72.0. The van der Waals surface area contributed by atoms with Crippen LogP contribution in [0.3, 0.4) is 0 Å². The van der Waals surface area contributed by atoms with E-state index in [1.54, 1.807) is 0 Å². The Morgan fingerprint density at radius 2 is 0.671 bits per heavy atom. The zero-order valence-electron chi connectivity index (χ0n) is 44.9. The van der Waals surface area contributed by atoms with Gasteiger partial charge in [0.2, 0.25) is 0 Å². The van der Waals surface area contributed by atoms with E-state index in [2.05, 4.69) is 224 Å². The van der Waals surface area contributed by atoms with Crippen LogP contribution in [0.2, 0.25) is 0 Å². The highest BCUT2D eigenvalue weighted by atomic mass is 19.1. The minimum Gasteiger partial charge on any atom is -0.256 e. The number of nitrogens with zero attached hydrogens (tertiary/aromatic N) is 3. The van der Waals surface area contributed by atoms with E-state index in [0.717, 1.165) is 69.7 Å². The molecule has 4 heteroatoms. The Morgan fingerprint density at radius 3 is 1.03 bits per heavy atom. The van der Waals surface area contributed by atoms with Crippen LogP contribution in [0.15, 0.2) is 219 Å². The van der Waals surface area contributed by atoms with Crippen molar-refractivity contribution in [1.29, 1.82) is 0 Å². The number of benzene rings is 7. The van der Waals surface area contributed by atoms with Gasteiger partial charge in [-0.1, -0.05) is 199 Å². The quantitative estimate of drug-likeness (QED) is 0.137. The molecular weight excluding hydrogens is 926 g/mol. The fraction of sp³-hybridized carbons (Fsp3) is 0.208. The van der Waals surface area contributed by atoms with Crippen molar-refractivity contribution in [2.75, 3.05) is 0 Å². The first-order chi connectivity index (χ1) is 36.7. The number of hydrogen-bond acceptors (Lipinski definition) is 3. The van der Waals surface area contributed by atoms with Crippen molar-refractivity contribution >= 4 is 0 Å². The maximum absolute atomic E-state index is 13.7. The topological polar surface area (TPSA) is 38.7 Å². The van der Waals surface area contributed by atoms with E-state index in [0.29, 0.717) is 11.8 Å². The standard InChI is InChI=1S/C72H66FN3/c1-47-40-68(76-46-67(47)51-32-34-60(73)35-33-51)52-26-20-48(21-27-52)61-14-8-11-17-64(61)55-41-56(65-18-12-9-15-62(65)49-22-28-53(29-23-49)69-44-58(36-38-74-69)71(2,3)4)43-57(42-55)66-19-13-10-16-63(66)50-24-30-54(31-25-50)70-45-59(37-39-75-70)72(5,6)7/h8-40,44-46,55-57H,41-43H2,1-7H3. The molecule has 0 amide bonds. The van der Waals surface area contributed by atoms with Crippen molar-refractivity contribution in [2.24, 2.45) is 0 Å². The molecule has 1 aliphatic rings. The van der Waals surface area contributed by atoms with Crippen LogP contribution >= 0.6 is 0 Å². The third-order valence-corrected chi connectivity index (χ3v) is 15.9. The molecule has 10 aromatic rings. The lowest BCUT2D eigenvalue weighted by atomic mass is 9.66. The van der Waals surface area contributed by atoms with E-state index in [1.165, 1.54) is 73.3 Å². The number of aromatic nitrogens is 3. The average Bonchev–Trinajstić information content (AvgIpc) is 3.46. The number of hydrogen-bond donors (Lipinski definition) is 0. The first kappa shape index (κ1) is 50.1. The fourth-order valence-electron chi connectivity index (χ4n) is 11.6. The van der Waals surface area contributed by atoms with Crippen molar-refractivity contribution in [3.8, 4) is 78.3 Å². The molecule has 3 nitrogen and oxygen atoms in total. The summed E-state index contributed by atoms with van der Waals surface area (Å²) in [5, 5.41) is 0. The van der Waals surface area contributed by atoms with Gasteiger partial charge in [0.25, 0.3) is 0 Å². The highest BCUT2D eigenvalue weighted by Crippen LogP contribution is 2.52. The number of pyridine rings is 3. The predicted octanol–water partition coefficient (Wildman–Crippen LogP) is 19.4. The molecule has 11 rings (SSSR count). The predicted molar refractivity (Wildman–Crippen MR) is 315 cm³/mol. The van der Waals surface area contributed by atoms with E-state index in [1.807, 2.05) is 30.7 Å². The maximum atomic E-state index is 13.7. The molecule has 376 valence electrons. The average molecular weight is 992 g/mol. The number of halogens is 1. The van der Waals surface area contributed by atoms with Gasteiger partial charge in [0, 0.05) is 40.8 Å². The van der Waals surface area contributed by atoms with Crippen molar-refractivity contribution in [3.63, 3.8) is 0 Å². The van der Waals surface area contributed by atoms with Gasteiger partial charge < -0.3 is 0 Å². The van der Waals surface area contributed by atoms with Crippen LogP contribution in [0.25, 0.3) is 78.3 Å². The SMILES string of the molecule is Cc1cc(-c2ccc(-c3ccccc3C3CC(c4ccccc4-c4ccc(-c5cc(C(C)(C)C)ccn5)cc4)CC(c4ccccc4-c4ccc(-c5cc(C(C)(C)C)ccn5)cc4)C3)cc2)ncc1-c1ccc(F)cc1. The third-order valence-electron chi connectivity index (χ3n) is 15.9. The van der Waals surface area contributed by atoms with Crippen LogP contribution in [0.5, 0.6) is 0 Å². The van der Waals surface area contributed by atoms with Crippen LogP contribution in [0.4, 0.5) is 4.39 Å². The van der Waals surface area contributed by atoms with Crippen LogP contribution in [0, 0.1) is 12.7 Å². The van der Waals surface area contributed by atoms with Gasteiger partial charge >= 0.3 is 0 Å². The second-order valence-corrected chi connectivity index (χ2v) is 23.0. The zero-order valence-corrected chi connectivity index (χ0v) is 44.9. The van der Waals surface area contributed by atoms with E-state index in [9.17, 15) is 4.39 Å². The lowest BCUT2D eigenvalue weighted by molar-refractivity contribution is 0.353. The van der Waals surface area contributed by atoms with Crippen molar-refractivity contribution < 1.29 is 4.39 Å². The van der Waals surface area contributed by atoms with E-state index in [-0.39, 0.29) is 22.6 Å². The Bertz CT molecular complexity index is 3500. The van der Waals surface area contributed by atoms with Gasteiger partial charge in [-0.3, -0.25) is 15.0 Å². The first-order valence-electron chi connectivity index (χ1n) is 27.0. The first-order valence-corrected chi connectivity index (χ1v) is 27.0. The lowest BCUT2D eigenvalue weighted by Gasteiger charge is -2.38.